The zero-order chi connectivity index (χ0) is 10.1. The lowest BCUT2D eigenvalue weighted by Gasteiger charge is -2.02. The van der Waals surface area contributed by atoms with E-state index in [0.29, 0.717) is 0 Å². The fraction of sp³-hybridized carbons (Fsp3) is 0.727. The number of aromatic amines is 1. The van der Waals surface area contributed by atoms with Crippen molar-refractivity contribution in [2.75, 3.05) is 13.1 Å². The Kier molecular flexibility index (Phi) is 6.07. The second-order valence-corrected chi connectivity index (χ2v) is 3.60. The molecule has 0 fully saturated rings. The molecule has 0 saturated carbocycles. The summed E-state index contributed by atoms with van der Waals surface area (Å²) in [5, 5.41) is 3.44. The van der Waals surface area contributed by atoms with Gasteiger partial charge in [0, 0.05) is 18.8 Å². The number of nitrogens with one attached hydrogen (secondary N) is 2. The summed E-state index contributed by atoms with van der Waals surface area (Å²) in [4.78, 5) is 7.30. The van der Waals surface area contributed by atoms with Crippen LogP contribution in [0.3, 0.4) is 0 Å². The molecule has 1 heterocycles. The van der Waals surface area contributed by atoms with Crippen molar-refractivity contribution in [1.82, 2.24) is 15.3 Å². The van der Waals surface area contributed by atoms with Crippen molar-refractivity contribution in [3.8, 4) is 0 Å². The smallest absolute Gasteiger partial charge is 0.105 e. The lowest BCUT2D eigenvalue weighted by Crippen LogP contribution is -2.16. The van der Waals surface area contributed by atoms with E-state index in [1.165, 1.54) is 25.7 Å². The van der Waals surface area contributed by atoms with Gasteiger partial charge >= 0.3 is 0 Å². The third-order valence-corrected chi connectivity index (χ3v) is 2.28. The van der Waals surface area contributed by atoms with Gasteiger partial charge in [-0.15, -0.1) is 0 Å². The number of hydrogen-bond acceptors (Lipinski definition) is 2. The van der Waals surface area contributed by atoms with E-state index in [2.05, 4.69) is 22.2 Å². The minimum absolute atomic E-state index is 1.07. The van der Waals surface area contributed by atoms with Crippen molar-refractivity contribution in [3.63, 3.8) is 0 Å². The number of H-pyrrole nitrogens is 1. The molecular weight excluding hydrogens is 174 g/mol. The third kappa shape index (κ3) is 5.02. The maximum Gasteiger partial charge on any atom is 0.105 e. The minimum atomic E-state index is 1.07. The lowest BCUT2D eigenvalue weighted by atomic mass is 10.2. The van der Waals surface area contributed by atoms with Crippen molar-refractivity contribution in [1.29, 1.82) is 0 Å². The fourth-order valence-electron chi connectivity index (χ4n) is 1.40. The molecule has 1 aromatic heterocycles. The Labute approximate surface area is 86.3 Å². The van der Waals surface area contributed by atoms with Gasteiger partial charge in [0.2, 0.25) is 0 Å². The van der Waals surface area contributed by atoms with Crippen LogP contribution in [0.25, 0.3) is 0 Å². The SMILES string of the molecule is CCCCNCCCCc1ncc[nH]1. The fourth-order valence-corrected chi connectivity index (χ4v) is 1.40. The molecule has 0 aromatic carbocycles. The summed E-state index contributed by atoms with van der Waals surface area (Å²) in [7, 11) is 0. The number of unbranched alkanes of at least 4 members (excludes halogenated alkanes) is 2. The van der Waals surface area contributed by atoms with E-state index >= 15 is 0 Å². The number of rotatable bonds is 8. The van der Waals surface area contributed by atoms with Gasteiger partial charge in [-0.1, -0.05) is 13.3 Å². The van der Waals surface area contributed by atoms with Gasteiger partial charge in [-0.3, -0.25) is 0 Å². The average Bonchev–Trinajstić information content (AvgIpc) is 2.69. The van der Waals surface area contributed by atoms with E-state index in [9.17, 15) is 0 Å². The molecule has 2 N–H and O–H groups in total. The van der Waals surface area contributed by atoms with E-state index < -0.39 is 0 Å². The maximum atomic E-state index is 4.19. The molecule has 0 aliphatic carbocycles. The van der Waals surface area contributed by atoms with Crippen LogP contribution in [0.1, 0.15) is 38.4 Å². The van der Waals surface area contributed by atoms with Crippen molar-refractivity contribution in [2.45, 2.75) is 39.0 Å². The zero-order valence-electron chi connectivity index (χ0n) is 9.05. The second-order valence-electron chi connectivity index (χ2n) is 3.60. The largest absolute Gasteiger partial charge is 0.349 e. The summed E-state index contributed by atoms with van der Waals surface area (Å²) < 4.78 is 0. The molecule has 0 saturated heterocycles. The molecular formula is C11H21N3. The Morgan fingerprint density at radius 2 is 2.14 bits per heavy atom. The van der Waals surface area contributed by atoms with Crippen molar-refractivity contribution >= 4 is 0 Å². The van der Waals surface area contributed by atoms with Crippen LogP contribution in [-0.2, 0) is 6.42 Å². The molecule has 0 amide bonds. The van der Waals surface area contributed by atoms with E-state index in [1.54, 1.807) is 0 Å². The predicted molar refractivity (Wildman–Crippen MR) is 59.3 cm³/mol. The molecule has 1 rings (SSSR count). The van der Waals surface area contributed by atoms with Crippen LogP contribution >= 0.6 is 0 Å². The van der Waals surface area contributed by atoms with Crippen molar-refractivity contribution in [3.05, 3.63) is 18.2 Å². The lowest BCUT2D eigenvalue weighted by molar-refractivity contribution is 0.595. The number of aryl methyl sites for hydroxylation is 1. The van der Waals surface area contributed by atoms with Gasteiger partial charge in [-0.25, -0.2) is 4.98 Å². The van der Waals surface area contributed by atoms with Crippen molar-refractivity contribution in [2.24, 2.45) is 0 Å². The van der Waals surface area contributed by atoms with Crippen LogP contribution in [0, 0.1) is 0 Å². The highest BCUT2D eigenvalue weighted by atomic mass is 14.9. The van der Waals surface area contributed by atoms with E-state index in [1.807, 2.05) is 12.4 Å². The highest BCUT2D eigenvalue weighted by molar-refractivity contribution is 4.86. The van der Waals surface area contributed by atoms with Crippen LogP contribution in [-0.4, -0.2) is 23.1 Å². The second kappa shape index (κ2) is 7.56. The van der Waals surface area contributed by atoms with Crippen LogP contribution < -0.4 is 5.32 Å². The first-order valence-electron chi connectivity index (χ1n) is 5.62. The van der Waals surface area contributed by atoms with Crippen LogP contribution in [0.4, 0.5) is 0 Å². The van der Waals surface area contributed by atoms with E-state index in [0.717, 1.165) is 25.3 Å². The monoisotopic (exact) mass is 195 g/mol. The predicted octanol–water partition coefficient (Wildman–Crippen LogP) is 2.12. The molecule has 80 valence electrons. The molecule has 1 aromatic rings. The van der Waals surface area contributed by atoms with E-state index in [-0.39, 0.29) is 0 Å². The topological polar surface area (TPSA) is 40.7 Å². The molecule has 0 aliphatic heterocycles. The van der Waals surface area contributed by atoms with Gasteiger partial charge in [-0.2, -0.15) is 0 Å². The van der Waals surface area contributed by atoms with Crippen LogP contribution in [0.5, 0.6) is 0 Å². The normalized spacial score (nSPS) is 10.6. The summed E-state index contributed by atoms with van der Waals surface area (Å²) in [6.45, 7) is 4.52. The Bertz CT molecular complexity index is 206. The standard InChI is InChI=1S/C11H21N3/c1-2-3-7-12-8-5-4-6-11-13-9-10-14-11/h9-10,12H,2-8H2,1H3,(H,13,14). The number of imidazole rings is 1. The van der Waals surface area contributed by atoms with Crippen LogP contribution in [0.2, 0.25) is 0 Å². The van der Waals surface area contributed by atoms with Gasteiger partial charge < -0.3 is 10.3 Å². The summed E-state index contributed by atoms with van der Waals surface area (Å²) in [6.07, 6.45) is 9.79. The highest BCUT2D eigenvalue weighted by Crippen LogP contribution is 1.97. The molecule has 0 radical (unpaired) electrons. The Hall–Kier alpha value is -0.830. The van der Waals surface area contributed by atoms with Crippen LogP contribution in [0.15, 0.2) is 12.4 Å². The average molecular weight is 195 g/mol. The molecule has 3 nitrogen and oxygen atoms in total. The first-order valence-corrected chi connectivity index (χ1v) is 5.62. The highest BCUT2D eigenvalue weighted by Gasteiger charge is 1.94. The Morgan fingerprint density at radius 3 is 2.86 bits per heavy atom. The summed E-state index contributed by atoms with van der Waals surface area (Å²) in [6, 6.07) is 0. The van der Waals surface area contributed by atoms with E-state index in [4.69, 9.17) is 0 Å². The third-order valence-electron chi connectivity index (χ3n) is 2.28. The molecule has 0 bridgehead atoms. The first kappa shape index (κ1) is 11.2. The summed E-state index contributed by atoms with van der Waals surface area (Å²) in [5.41, 5.74) is 0. The quantitative estimate of drug-likeness (QED) is 0.624. The molecule has 0 atom stereocenters. The van der Waals surface area contributed by atoms with Crippen molar-refractivity contribution < 1.29 is 0 Å². The summed E-state index contributed by atoms with van der Waals surface area (Å²) in [5.74, 6) is 1.11. The molecule has 0 aliphatic rings. The Balaban J connectivity index is 1.85. The molecule has 0 spiro atoms. The van der Waals surface area contributed by atoms with Gasteiger partial charge in [0.1, 0.15) is 5.82 Å². The first-order chi connectivity index (χ1) is 6.93. The Morgan fingerprint density at radius 1 is 1.29 bits per heavy atom. The van der Waals surface area contributed by atoms with Gasteiger partial charge in [0.25, 0.3) is 0 Å². The number of aromatic nitrogens is 2. The van der Waals surface area contributed by atoms with Gasteiger partial charge in [0.15, 0.2) is 0 Å². The molecule has 0 unspecified atom stereocenters. The van der Waals surface area contributed by atoms with Gasteiger partial charge in [-0.05, 0) is 32.4 Å². The zero-order valence-corrected chi connectivity index (χ0v) is 9.05. The number of hydrogen-bond donors (Lipinski definition) is 2. The molecule has 3 heteroatoms. The summed E-state index contributed by atoms with van der Waals surface area (Å²) >= 11 is 0. The van der Waals surface area contributed by atoms with Gasteiger partial charge in [0.05, 0.1) is 0 Å². The minimum Gasteiger partial charge on any atom is -0.349 e. The maximum absolute atomic E-state index is 4.19. The molecule has 14 heavy (non-hydrogen) atoms. The number of nitrogens with zero attached hydrogens (tertiary/aromatic N) is 1.